The molecule has 2 aromatic heterocycles. The molecule has 4 atom stereocenters. The van der Waals surface area contributed by atoms with Crippen LogP contribution in [-0.2, 0) is 16.1 Å². The standard InChI is InChI=1S/C24H31N5O8/c1-24(2,3)20(14-7-13(35-4)5-6-15(14)29(33)34)36-11-12-9-28(18-8-16(31)17(10-30)37-18)21-19(12)22(32)27-23(25)26-21/h5-7,9,16-18,20,30-31H,8,10-11H2,1-4H3,(H3,25,26,27,32)/t16-,17-,18-,20-/m1/s1. The summed E-state index contributed by atoms with van der Waals surface area (Å²) < 4.78 is 18.9. The number of aliphatic hydroxyl groups is 2. The van der Waals surface area contributed by atoms with E-state index in [-0.39, 0.29) is 42.3 Å². The Labute approximate surface area is 211 Å². The number of nitrogens with zero attached hydrogens (tertiary/aromatic N) is 3. The number of anilines is 1. The van der Waals surface area contributed by atoms with Gasteiger partial charge in [-0.25, -0.2) is 0 Å². The zero-order valence-corrected chi connectivity index (χ0v) is 21.0. The topological polar surface area (TPSA) is 188 Å². The molecule has 0 saturated carbocycles. The van der Waals surface area contributed by atoms with Crippen LogP contribution < -0.4 is 16.0 Å². The minimum absolute atomic E-state index is 0.0901. The van der Waals surface area contributed by atoms with Gasteiger partial charge in [0.1, 0.15) is 18.1 Å². The number of methoxy groups -OCH3 is 1. The molecule has 3 heterocycles. The van der Waals surface area contributed by atoms with Gasteiger partial charge in [-0.2, -0.15) is 4.98 Å². The summed E-state index contributed by atoms with van der Waals surface area (Å²) in [4.78, 5) is 31.0. The van der Waals surface area contributed by atoms with E-state index in [0.717, 1.165) is 0 Å². The normalized spacial score (nSPS) is 20.9. The Morgan fingerprint density at radius 3 is 2.73 bits per heavy atom. The first-order valence-electron chi connectivity index (χ1n) is 11.7. The number of fused-ring (bicyclic) bond motifs is 1. The minimum Gasteiger partial charge on any atom is -0.497 e. The minimum atomic E-state index is -0.898. The van der Waals surface area contributed by atoms with Gasteiger partial charge in [-0.3, -0.25) is 19.9 Å². The first-order valence-corrected chi connectivity index (χ1v) is 11.7. The SMILES string of the molecule is COc1ccc([N+](=O)[O-])c([C@@H](OCc2cn([C@H]3C[C@@H](O)[C@@H](CO)O3)c3nc(N)[nH]c(=O)c23)C(C)(C)C)c1. The molecule has 200 valence electrons. The highest BCUT2D eigenvalue weighted by atomic mass is 16.6. The summed E-state index contributed by atoms with van der Waals surface area (Å²) in [5, 5.41) is 31.7. The zero-order valence-electron chi connectivity index (χ0n) is 21.0. The third-order valence-corrected chi connectivity index (χ3v) is 6.38. The molecule has 1 aromatic carbocycles. The van der Waals surface area contributed by atoms with Crippen LogP contribution in [0.15, 0.2) is 29.2 Å². The highest BCUT2D eigenvalue weighted by molar-refractivity contribution is 5.80. The van der Waals surface area contributed by atoms with Crippen molar-refractivity contribution in [3.63, 3.8) is 0 Å². The molecule has 37 heavy (non-hydrogen) atoms. The maximum absolute atomic E-state index is 12.9. The second kappa shape index (κ2) is 10.1. The van der Waals surface area contributed by atoms with Crippen molar-refractivity contribution in [2.24, 2.45) is 5.41 Å². The van der Waals surface area contributed by atoms with E-state index in [1.165, 1.54) is 19.2 Å². The fraction of sp³-hybridized carbons (Fsp3) is 0.500. The lowest BCUT2D eigenvalue weighted by Gasteiger charge is -2.31. The summed E-state index contributed by atoms with van der Waals surface area (Å²) in [6.07, 6.45) is -1.32. The van der Waals surface area contributed by atoms with E-state index < -0.39 is 40.4 Å². The van der Waals surface area contributed by atoms with Gasteiger partial charge < -0.3 is 34.7 Å². The predicted molar refractivity (Wildman–Crippen MR) is 133 cm³/mol. The van der Waals surface area contributed by atoms with E-state index in [9.17, 15) is 25.1 Å². The van der Waals surface area contributed by atoms with Crippen molar-refractivity contribution in [1.82, 2.24) is 14.5 Å². The number of benzene rings is 1. The summed E-state index contributed by atoms with van der Waals surface area (Å²) in [5.41, 5.74) is 5.64. The number of nitrogen functional groups attached to an aromatic ring is 1. The zero-order chi connectivity index (χ0) is 27.1. The summed E-state index contributed by atoms with van der Waals surface area (Å²) in [7, 11) is 1.47. The molecule has 0 radical (unpaired) electrons. The maximum Gasteiger partial charge on any atom is 0.275 e. The first kappa shape index (κ1) is 26.5. The number of ether oxygens (including phenoxy) is 3. The molecule has 13 nitrogen and oxygen atoms in total. The lowest BCUT2D eigenvalue weighted by molar-refractivity contribution is -0.386. The number of nitrogens with two attached hydrogens (primary N) is 1. The van der Waals surface area contributed by atoms with Crippen LogP contribution in [0.3, 0.4) is 0 Å². The highest BCUT2D eigenvalue weighted by Crippen LogP contribution is 2.42. The van der Waals surface area contributed by atoms with Crippen molar-refractivity contribution in [3.8, 4) is 5.75 Å². The summed E-state index contributed by atoms with van der Waals surface area (Å²) in [6, 6.07) is 4.47. The van der Waals surface area contributed by atoms with Crippen LogP contribution in [0.25, 0.3) is 11.0 Å². The largest absolute Gasteiger partial charge is 0.497 e. The highest BCUT2D eigenvalue weighted by Gasteiger charge is 2.37. The number of nitro groups is 1. The van der Waals surface area contributed by atoms with E-state index in [1.54, 1.807) is 16.8 Å². The number of rotatable bonds is 8. The number of aliphatic hydroxyl groups excluding tert-OH is 2. The van der Waals surface area contributed by atoms with Crippen molar-refractivity contribution >= 4 is 22.7 Å². The monoisotopic (exact) mass is 517 g/mol. The molecule has 0 bridgehead atoms. The van der Waals surface area contributed by atoms with Crippen molar-refractivity contribution in [2.45, 2.75) is 58.3 Å². The van der Waals surface area contributed by atoms with Crippen molar-refractivity contribution in [2.75, 3.05) is 19.5 Å². The van der Waals surface area contributed by atoms with E-state index >= 15 is 0 Å². The van der Waals surface area contributed by atoms with Gasteiger partial charge in [-0.05, 0) is 17.5 Å². The molecule has 0 amide bonds. The Morgan fingerprint density at radius 1 is 1.41 bits per heavy atom. The van der Waals surface area contributed by atoms with Gasteiger partial charge in [0.05, 0.1) is 48.4 Å². The second-order valence-electron chi connectivity index (χ2n) is 10.1. The van der Waals surface area contributed by atoms with Gasteiger partial charge in [0.2, 0.25) is 5.95 Å². The average molecular weight is 518 g/mol. The lowest BCUT2D eigenvalue weighted by Crippen LogP contribution is -2.24. The molecule has 13 heteroatoms. The van der Waals surface area contributed by atoms with Crippen LogP contribution in [-0.4, -0.2) is 55.6 Å². The number of nitrogens with one attached hydrogen (secondary N) is 1. The molecule has 0 aliphatic carbocycles. The number of aromatic amines is 1. The van der Waals surface area contributed by atoms with Gasteiger partial charge in [0, 0.05) is 24.2 Å². The van der Waals surface area contributed by atoms with Crippen LogP contribution in [0.4, 0.5) is 11.6 Å². The molecule has 0 spiro atoms. The average Bonchev–Trinajstić information content (AvgIpc) is 3.38. The molecule has 1 aliphatic heterocycles. The van der Waals surface area contributed by atoms with Gasteiger partial charge >= 0.3 is 0 Å². The van der Waals surface area contributed by atoms with Crippen LogP contribution >= 0.6 is 0 Å². The summed E-state index contributed by atoms with van der Waals surface area (Å²) in [6.45, 7) is 5.22. The Balaban J connectivity index is 1.76. The van der Waals surface area contributed by atoms with Gasteiger partial charge in [-0.15, -0.1) is 0 Å². The van der Waals surface area contributed by atoms with Gasteiger partial charge in [0.15, 0.2) is 5.65 Å². The Bertz CT molecular complexity index is 1360. The van der Waals surface area contributed by atoms with Gasteiger partial charge in [-0.1, -0.05) is 20.8 Å². The maximum atomic E-state index is 12.9. The molecular weight excluding hydrogens is 486 g/mol. The third-order valence-electron chi connectivity index (χ3n) is 6.38. The first-order chi connectivity index (χ1) is 17.4. The van der Waals surface area contributed by atoms with Crippen molar-refractivity contribution in [3.05, 3.63) is 56.0 Å². The number of hydrogen-bond donors (Lipinski definition) is 4. The molecule has 5 N–H and O–H groups in total. The van der Waals surface area contributed by atoms with Crippen LogP contribution in [0, 0.1) is 15.5 Å². The molecule has 3 aromatic rings. The van der Waals surface area contributed by atoms with Crippen LogP contribution in [0.5, 0.6) is 5.75 Å². The van der Waals surface area contributed by atoms with Gasteiger partial charge in [0.25, 0.3) is 11.2 Å². The molecule has 1 aliphatic rings. The molecule has 4 rings (SSSR count). The van der Waals surface area contributed by atoms with E-state index in [0.29, 0.717) is 16.9 Å². The molecular formula is C24H31N5O8. The van der Waals surface area contributed by atoms with Crippen molar-refractivity contribution < 1.29 is 29.3 Å². The Hall–Kier alpha value is -3.52. The summed E-state index contributed by atoms with van der Waals surface area (Å²) in [5.74, 6) is 0.350. The van der Waals surface area contributed by atoms with E-state index in [2.05, 4.69) is 9.97 Å². The predicted octanol–water partition coefficient (Wildman–Crippen LogP) is 2.17. The van der Waals surface area contributed by atoms with Crippen molar-refractivity contribution in [1.29, 1.82) is 0 Å². The van der Waals surface area contributed by atoms with Crippen LogP contribution in [0.2, 0.25) is 0 Å². The second-order valence-corrected chi connectivity index (χ2v) is 10.1. The number of H-pyrrole nitrogens is 1. The van der Waals surface area contributed by atoms with Crippen LogP contribution in [0.1, 0.15) is 50.7 Å². The smallest absolute Gasteiger partial charge is 0.275 e. The molecule has 1 saturated heterocycles. The fourth-order valence-electron chi connectivity index (χ4n) is 4.64. The number of aromatic nitrogens is 3. The lowest BCUT2D eigenvalue weighted by atomic mass is 9.83. The Kier molecular flexibility index (Phi) is 7.24. The number of nitro benzene ring substituents is 1. The van der Waals surface area contributed by atoms with E-state index in [1.807, 2.05) is 20.8 Å². The fourth-order valence-corrected chi connectivity index (χ4v) is 4.64. The quantitative estimate of drug-likeness (QED) is 0.255. The molecule has 0 unspecified atom stereocenters. The molecule has 1 fully saturated rings. The number of hydrogen-bond acceptors (Lipinski definition) is 10. The van der Waals surface area contributed by atoms with E-state index in [4.69, 9.17) is 19.9 Å². The Morgan fingerprint density at radius 2 is 2.14 bits per heavy atom. The third kappa shape index (κ3) is 5.16. The summed E-state index contributed by atoms with van der Waals surface area (Å²) >= 11 is 0.